The third kappa shape index (κ3) is 3.74. The van der Waals surface area contributed by atoms with E-state index in [4.69, 9.17) is 4.53 Å². The van der Waals surface area contributed by atoms with E-state index in [1.807, 2.05) is 60.7 Å². The summed E-state index contributed by atoms with van der Waals surface area (Å²) in [6.45, 7) is 0. The maximum atomic E-state index is 9.27. The Morgan fingerprint density at radius 2 is 1.20 bits per heavy atom. The van der Waals surface area contributed by atoms with Crippen molar-refractivity contribution >= 4 is 30.1 Å². The number of oxime groups is 1. The molecule has 0 atom stereocenters. The molecule has 0 saturated carbocycles. The maximum absolute atomic E-state index is 9.27. The van der Waals surface area contributed by atoms with Gasteiger partial charge in [0.1, 0.15) is 11.8 Å². The molecule has 0 aliphatic heterocycles. The summed E-state index contributed by atoms with van der Waals surface area (Å²) in [6.07, 6.45) is 4.47. The zero-order valence-corrected chi connectivity index (χ0v) is 17.1. The Bertz CT molecular complexity index is 1080. The summed E-state index contributed by atoms with van der Waals surface area (Å²) in [5.41, 5.74) is 0.577. The fourth-order valence-electron chi connectivity index (χ4n) is 3.36. The van der Waals surface area contributed by atoms with Gasteiger partial charge < -0.3 is 4.53 Å². The molecule has 0 unspecified atom stereocenters. The van der Waals surface area contributed by atoms with E-state index in [0.717, 1.165) is 15.6 Å². The standard InChI is InChI=1S/C24H18N4OSi/c25-18-23-24(27-17-16-26-23)19-28-29-30(20-10-4-1-5-11-20,21-12-6-2-7-13-21)22-14-8-3-9-15-22/h1-17,19H/b28-19+. The van der Waals surface area contributed by atoms with Gasteiger partial charge in [-0.25, -0.2) is 4.98 Å². The highest BCUT2D eigenvalue weighted by Crippen LogP contribution is 2.10. The first-order chi connectivity index (χ1) is 14.8. The van der Waals surface area contributed by atoms with E-state index < -0.39 is 8.32 Å². The minimum atomic E-state index is -2.93. The molecule has 4 aromatic rings. The van der Waals surface area contributed by atoms with Crippen molar-refractivity contribution in [3.05, 3.63) is 115 Å². The summed E-state index contributed by atoms with van der Waals surface area (Å²) < 4.78 is 6.42. The molecule has 0 amide bonds. The summed E-state index contributed by atoms with van der Waals surface area (Å²) in [5, 5.41) is 16.8. The Balaban J connectivity index is 1.87. The molecular weight excluding hydrogens is 388 g/mol. The molecule has 5 nitrogen and oxygen atoms in total. The van der Waals surface area contributed by atoms with Crippen LogP contribution in [0.15, 0.2) is 109 Å². The summed E-state index contributed by atoms with van der Waals surface area (Å²) >= 11 is 0. The normalized spacial score (nSPS) is 11.2. The van der Waals surface area contributed by atoms with Gasteiger partial charge in [0.25, 0.3) is 0 Å². The van der Waals surface area contributed by atoms with Crippen molar-refractivity contribution in [3.63, 3.8) is 0 Å². The Kier molecular flexibility index (Phi) is 5.74. The second kappa shape index (κ2) is 8.95. The van der Waals surface area contributed by atoms with E-state index >= 15 is 0 Å². The Hall–Kier alpha value is -4.08. The van der Waals surface area contributed by atoms with Crippen LogP contribution in [0.2, 0.25) is 0 Å². The SMILES string of the molecule is N#Cc1nccnc1/C=N/O[Si](c1ccccc1)(c1ccccc1)c1ccccc1. The van der Waals surface area contributed by atoms with E-state index in [2.05, 4.69) is 51.5 Å². The van der Waals surface area contributed by atoms with Crippen LogP contribution in [-0.4, -0.2) is 24.5 Å². The van der Waals surface area contributed by atoms with Crippen LogP contribution in [0.25, 0.3) is 0 Å². The molecule has 0 aliphatic carbocycles. The second-order valence-corrected chi connectivity index (χ2v) is 9.78. The van der Waals surface area contributed by atoms with Crippen molar-refractivity contribution in [2.75, 3.05) is 0 Å². The highest BCUT2D eigenvalue weighted by Gasteiger charge is 2.44. The van der Waals surface area contributed by atoms with Gasteiger partial charge in [0.2, 0.25) is 0 Å². The fraction of sp³-hybridized carbons (Fsp3) is 0. The molecule has 1 aromatic heterocycles. The lowest BCUT2D eigenvalue weighted by Crippen LogP contribution is -2.68. The average Bonchev–Trinajstić information content (AvgIpc) is 2.84. The second-order valence-electron chi connectivity index (χ2n) is 6.51. The fourth-order valence-corrected chi connectivity index (χ4v) is 6.87. The van der Waals surface area contributed by atoms with Crippen LogP contribution < -0.4 is 15.6 Å². The highest BCUT2D eigenvalue weighted by molar-refractivity contribution is 7.07. The van der Waals surface area contributed by atoms with Gasteiger partial charge in [0.05, 0.1) is 6.21 Å². The van der Waals surface area contributed by atoms with Gasteiger partial charge in [0.15, 0.2) is 5.69 Å². The third-order valence-electron chi connectivity index (χ3n) is 4.74. The topological polar surface area (TPSA) is 71.2 Å². The molecule has 0 aliphatic rings. The van der Waals surface area contributed by atoms with E-state index in [-0.39, 0.29) is 5.69 Å². The van der Waals surface area contributed by atoms with Gasteiger partial charge in [-0.15, -0.1) is 5.16 Å². The minimum absolute atomic E-state index is 0.205. The lowest BCUT2D eigenvalue weighted by Gasteiger charge is -2.29. The number of nitriles is 1. The van der Waals surface area contributed by atoms with Gasteiger partial charge in [0, 0.05) is 12.4 Å². The summed E-state index contributed by atoms with van der Waals surface area (Å²) in [7, 11) is -2.93. The summed E-state index contributed by atoms with van der Waals surface area (Å²) in [4.78, 5) is 8.22. The van der Waals surface area contributed by atoms with Crippen LogP contribution in [0.1, 0.15) is 11.4 Å². The molecule has 0 saturated heterocycles. The van der Waals surface area contributed by atoms with Gasteiger partial charge in [-0.2, -0.15) is 5.26 Å². The zero-order valence-electron chi connectivity index (χ0n) is 16.1. The van der Waals surface area contributed by atoms with E-state index in [0.29, 0.717) is 5.69 Å². The van der Waals surface area contributed by atoms with E-state index in [1.54, 1.807) is 0 Å². The van der Waals surface area contributed by atoms with Crippen LogP contribution in [0.4, 0.5) is 0 Å². The van der Waals surface area contributed by atoms with Crippen molar-refractivity contribution in [1.29, 1.82) is 5.26 Å². The van der Waals surface area contributed by atoms with Crippen LogP contribution >= 0.6 is 0 Å². The summed E-state index contributed by atoms with van der Waals surface area (Å²) in [6, 6.07) is 32.5. The van der Waals surface area contributed by atoms with Gasteiger partial charge in [-0.05, 0) is 15.6 Å². The van der Waals surface area contributed by atoms with Gasteiger partial charge >= 0.3 is 8.32 Å². The summed E-state index contributed by atoms with van der Waals surface area (Å²) in [5.74, 6) is 0. The Labute approximate surface area is 176 Å². The smallest absolute Gasteiger partial charge is 0.380 e. The van der Waals surface area contributed by atoms with Crippen molar-refractivity contribution < 1.29 is 4.53 Å². The lowest BCUT2D eigenvalue weighted by atomic mass is 10.3. The van der Waals surface area contributed by atoms with Crippen LogP contribution in [-0.2, 0) is 4.53 Å². The number of hydrogen-bond donors (Lipinski definition) is 0. The average molecular weight is 407 g/mol. The zero-order chi connectivity index (χ0) is 20.7. The molecular formula is C24H18N4OSi. The molecule has 0 bridgehead atoms. The number of hydrogen-bond acceptors (Lipinski definition) is 5. The van der Waals surface area contributed by atoms with E-state index in [1.165, 1.54) is 18.6 Å². The Morgan fingerprint density at radius 3 is 1.67 bits per heavy atom. The minimum Gasteiger partial charge on any atom is -0.438 e. The quantitative estimate of drug-likeness (QED) is 0.213. The number of rotatable bonds is 6. The van der Waals surface area contributed by atoms with Crippen LogP contribution in [0.3, 0.4) is 0 Å². The molecule has 3 aromatic carbocycles. The van der Waals surface area contributed by atoms with Crippen LogP contribution in [0.5, 0.6) is 0 Å². The molecule has 0 radical (unpaired) electrons. The number of aromatic nitrogens is 2. The van der Waals surface area contributed by atoms with Crippen molar-refractivity contribution in [2.45, 2.75) is 0 Å². The molecule has 0 spiro atoms. The molecule has 0 N–H and O–H groups in total. The monoisotopic (exact) mass is 406 g/mol. The molecule has 6 heteroatoms. The van der Waals surface area contributed by atoms with Crippen molar-refractivity contribution in [1.82, 2.24) is 9.97 Å². The van der Waals surface area contributed by atoms with E-state index in [9.17, 15) is 5.26 Å². The molecule has 144 valence electrons. The highest BCUT2D eigenvalue weighted by atomic mass is 28.4. The third-order valence-corrected chi connectivity index (χ3v) is 8.56. The van der Waals surface area contributed by atoms with Crippen molar-refractivity contribution in [3.8, 4) is 6.07 Å². The molecule has 1 heterocycles. The predicted molar refractivity (Wildman–Crippen MR) is 119 cm³/mol. The lowest BCUT2D eigenvalue weighted by molar-refractivity contribution is 0.351. The first kappa shape index (κ1) is 19.2. The largest absolute Gasteiger partial charge is 0.438 e. The number of nitrogens with zero attached hydrogens (tertiary/aromatic N) is 4. The van der Waals surface area contributed by atoms with Gasteiger partial charge in [-0.3, -0.25) is 4.98 Å². The molecule has 30 heavy (non-hydrogen) atoms. The first-order valence-electron chi connectivity index (χ1n) is 9.44. The number of benzene rings is 3. The van der Waals surface area contributed by atoms with Crippen LogP contribution in [0, 0.1) is 11.3 Å². The Morgan fingerprint density at radius 1 is 0.733 bits per heavy atom. The molecule has 4 rings (SSSR count). The molecule has 0 fully saturated rings. The predicted octanol–water partition coefficient (Wildman–Crippen LogP) is 2.37. The van der Waals surface area contributed by atoms with Crippen molar-refractivity contribution in [2.24, 2.45) is 5.16 Å². The first-order valence-corrected chi connectivity index (χ1v) is 11.3. The maximum Gasteiger partial charge on any atom is 0.380 e. The van der Waals surface area contributed by atoms with Gasteiger partial charge in [-0.1, -0.05) is 91.0 Å².